The van der Waals surface area contributed by atoms with Crippen molar-refractivity contribution in [2.75, 3.05) is 20.2 Å². The Morgan fingerprint density at radius 1 is 1.22 bits per heavy atom. The average Bonchev–Trinajstić information content (AvgIpc) is 3.29. The molecule has 0 aliphatic carbocycles. The Balaban J connectivity index is 1.31. The average molecular weight is 363 g/mol. The molecule has 140 valence electrons. The Hall–Kier alpha value is -3.02. The summed E-state index contributed by atoms with van der Waals surface area (Å²) in [6, 6.07) is 14.6. The molecule has 6 heteroatoms. The lowest BCUT2D eigenvalue weighted by Gasteiger charge is -2.12. The maximum atomic E-state index is 5.57. The smallest absolute Gasteiger partial charge is 0.191 e. The van der Waals surface area contributed by atoms with Gasteiger partial charge in [-0.3, -0.25) is 4.99 Å². The Labute approximate surface area is 159 Å². The van der Waals surface area contributed by atoms with Crippen molar-refractivity contribution < 1.29 is 4.74 Å². The van der Waals surface area contributed by atoms with Crippen LogP contribution in [0.1, 0.15) is 17.0 Å². The van der Waals surface area contributed by atoms with Crippen LogP contribution in [0.5, 0.6) is 5.75 Å². The van der Waals surface area contributed by atoms with E-state index in [2.05, 4.69) is 49.4 Å². The molecule has 0 saturated heterocycles. The van der Waals surface area contributed by atoms with Crippen molar-refractivity contribution >= 4 is 17.0 Å². The highest BCUT2D eigenvalue weighted by Crippen LogP contribution is 2.25. The van der Waals surface area contributed by atoms with Crippen LogP contribution in [0, 0.1) is 0 Å². The van der Waals surface area contributed by atoms with Gasteiger partial charge in [-0.25, -0.2) is 4.98 Å². The van der Waals surface area contributed by atoms with Gasteiger partial charge in [0.05, 0.1) is 24.2 Å². The van der Waals surface area contributed by atoms with E-state index in [0.717, 1.165) is 54.6 Å². The largest absolute Gasteiger partial charge is 0.493 e. The minimum Gasteiger partial charge on any atom is -0.493 e. The number of imidazole rings is 1. The van der Waals surface area contributed by atoms with E-state index in [9.17, 15) is 0 Å². The summed E-state index contributed by atoms with van der Waals surface area (Å²) in [5.74, 6) is 2.80. The van der Waals surface area contributed by atoms with Gasteiger partial charge in [-0.1, -0.05) is 24.3 Å². The molecule has 0 saturated carbocycles. The van der Waals surface area contributed by atoms with Gasteiger partial charge < -0.3 is 19.9 Å². The molecule has 27 heavy (non-hydrogen) atoms. The van der Waals surface area contributed by atoms with Gasteiger partial charge in [0.1, 0.15) is 11.6 Å². The lowest BCUT2D eigenvalue weighted by molar-refractivity contribution is 0.357. The van der Waals surface area contributed by atoms with E-state index in [0.29, 0.717) is 6.54 Å². The van der Waals surface area contributed by atoms with E-state index < -0.39 is 0 Å². The molecule has 2 heterocycles. The second-order valence-corrected chi connectivity index (χ2v) is 6.72. The number of ether oxygens (including phenoxy) is 1. The molecule has 6 nitrogen and oxygen atoms in total. The van der Waals surface area contributed by atoms with Gasteiger partial charge in [0.25, 0.3) is 0 Å². The molecular formula is C21H25N5O. The van der Waals surface area contributed by atoms with Gasteiger partial charge in [-0.2, -0.15) is 0 Å². The quantitative estimate of drug-likeness (QED) is 0.540. The van der Waals surface area contributed by atoms with Gasteiger partial charge in [0.15, 0.2) is 5.96 Å². The zero-order valence-electron chi connectivity index (χ0n) is 15.8. The van der Waals surface area contributed by atoms with Crippen LogP contribution in [0.2, 0.25) is 0 Å². The summed E-state index contributed by atoms with van der Waals surface area (Å²) in [5.41, 5.74) is 4.78. The second-order valence-electron chi connectivity index (χ2n) is 6.72. The van der Waals surface area contributed by atoms with E-state index in [1.807, 2.05) is 25.2 Å². The first-order valence-corrected chi connectivity index (χ1v) is 9.34. The Kier molecular flexibility index (Phi) is 4.96. The van der Waals surface area contributed by atoms with E-state index in [1.54, 1.807) is 7.05 Å². The van der Waals surface area contributed by atoms with Crippen LogP contribution in [0.4, 0.5) is 0 Å². The third-order valence-electron chi connectivity index (χ3n) is 4.98. The predicted octanol–water partition coefficient (Wildman–Crippen LogP) is 2.42. The molecule has 1 aliphatic rings. The highest BCUT2D eigenvalue weighted by molar-refractivity contribution is 5.80. The van der Waals surface area contributed by atoms with E-state index in [-0.39, 0.29) is 0 Å². The molecule has 1 aromatic heterocycles. The van der Waals surface area contributed by atoms with Gasteiger partial charge in [-0.05, 0) is 35.7 Å². The van der Waals surface area contributed by atoms with E-state index >= 15 is 0 Å². The van der Waals surface area contributed by atoms with Crippen LogP contribution in [0.25, 0.3) is 11.0 Å². The number of aliphatic imine (C=N–C) groups is 1. The van der Waals surface area contributed by atoms with Crippen LogP contribution in [0.15, 0.2) is 47.5 Å². The number of para-hydroxylation sites is 2. The standard InChI is InChI=1S/C21H25N5O/c1-22-21(23-11-9-15-7-8-19-16(13-15)10-12-27-19)24-14-20-25-17-5-3-4-6-18(17)26(20)2/h3-8,13H,9-12,14H2,1-2H3,(H2,22,23,24). The zero-order valence-corrected chi connectivity index (χ0v) is 15.8. The van der Waals surface area contributed by atoms with Crippen LogP contribution < -0.4 is 15.4 Å². The number of nitrogens with one attached hydrogen (secondary N) is 2. The number of nitrogens with zero attached hydrogens (tertiary/aromatic N) is 3. The fraction of sp³-hybridized carbons (Fsp3) is 0.333. The Morgan fingerprint density at radius 3 is 2.96 bits per heavy atom. The maximum absolute atomic E-state index is 5.57. The fourth-order valence-electron chi connectivity index (χ4n) is 3.46. The third kappa shape index (κ3) is 3.74. The number of benzene rings is 2. The first-order valence-electron chi connectivity index (χ1n) is 9.34. The number of hydrogen-bond acceptors (Lipinski definition) is 3. The lowest BCUT2D eigenvalue weighted by Crippen LogP contribution is -2.38. The van der Waals surface area contributed by atoms with Gasteiger partial charge >= 0.3 is 0 Å². The topological polar surface area (TPSA) is 63.5 Å². The third-order valence-corrected chi connectivity index (χ3v) is 4.98. The van der Waals surface area contributed by atoms with Crippen LogP contribution in [-0.4, -0.2) is 35.7 Å². The molecule has 0 unspecified atom stereocenters. The lowest BCUT2D eigenvalue weighted by atomic mass is 10.1. The van der Waals surface area contributed by atoms with Crippen molar-refractivity contribution in [3.8, 4) is 5.75 Å². The summed E-state index contributed by atoms with van der Waals surface area (Å²) in [7, 11) is 3.83. The van der Waals surface area contributed by atoms with E-state index in [1.165, 1.54) is 11.1 Å². The minimum atomic E-state index is 0.626. The summed E-state index contributed by atoms with van der Waals surface area (Å²) < 4.78 is 7.68. The highest BCUT2D eigenvalue weighted by atomic mass is 16.5. The maximum Gasteiger partial charge on any atom is 0.191 e. The van der Waals surface area contributed by atoms with Crippen molar-refractivity contribution in [3.63, 3.8) is 0 Å². The SMILES string of the molecule is CN=C(NCCc1ccc2c(c1)CCO2)NCc1nc2ccccc2n1C. The fourth-order valence-corrected chi connectivity index (χ4v) is 3.46. The second kappa shape index (κ2) is 7.70. The molecule has 3 aromatic rings. The van der Waals surface area contributed by atoms with Crippen molar-refractivity contribution in [1.82, 2.24) is 20.2 Å². The van der Waals surface area contributed by atoms with Gasteiger partial charge in [0.2, 0.25) is 0 Å². The Morgan fingerprint density at radius 2 is 2.11 bits per heavy atom. The zero-order chi connectivity index (χ0) is 18.6. The first kappa shape index (κ1) is 17.4. The van der Waals surface area contributed by atoms with Gasteiger partial charge in [-0.15, -0.1) is 0 Å². The molecule has 0 fully saturated rings. The molecule has 4 rings (SSSR count). The molecule has 1 aliphatic heterocycles. The molecular weight excluding hydrogens is 338 g/mol. The summed E-state index contributed by atoms with van der Waals surface area (Å²) >= 11 is 0. The number of guanidine groups is 1. The van der Waals surface area contributed by atoms with Crippen molar-refractivity contribution in [2.45, 2.75) is 19.4 Å². The Bertz CT molecular complexity index is 976. The number of aromatic nitrogens is 2. The van der Waals surface area contributed by atoms with Gasteiger partial charge in [0, 0.05) is 27.1 Å². The molecule has 0 amide bonds. The molecule has 2 aromatic carbocycles. The molecule has 0 bridgehead atoms. The molecule has 0 atom stereocenters. The summed E-state index contributed by atoms with van der Waals surface area (Å²) in [6.45, 7) is 2.25. The van der Waals surface area contributed by atoms with Crippen LogP contribution >= 0.6 is 0 Å². The molecule has 2 N–H and O–H groups in total. The minimum absolute atomic E-state index is 0.626. The van der Waals surface area contributed by atoms with Crippen LogP contribution in [0.3, 0.4) is 0 Å². The van der Waals surface area contributed by atoms with Crippen molar-refractivity contribution in [1.29, 1.82) is 0 Å². The van der Waals surface area contributed by atoms with Crippen molar-refractivity contribution in [2.24, 2.45) is 12.0 Å². The number of hydrogen-bond donors (Lipinski definition) is 2. The highest BCUT2D eigenvalue weighted by Gasteiger charge is 2.12. The summed E-state index contributed by atoms with van der Waals surface area (Å²) in [6.07, 6.45) is 1.96. The molecule has 0 spiro atoms. The summed E-state index contributed by atoms with van der Waals surface area (Å²) in [5, 5.41) is 6.73. The number of rotatable bonds is 5. The molecule has 0 radical (unpaired) electrons. The van der Waals surface area contributed by atoms with E-state index in [4.69, 9.17) is 4.74 Å². The number of fused-ring (bicyclic) bond motifs is 2. The first-order chi connectivity index (χ1) is 13.2. The monoisotopic (exact) mass is 363 g/mol. The van der Waals surface area contributed by atoms with Crippen molar-refractivity contribution in [3.05, 3.63) is 59.4 Å². The normalized spacial score (nSPS) is 13.5. The van der Waals surface area contributed by atoms with Crippen LogP contribution in [-0.2, 0) is 26.4 Å². The predicted molar refractivity (Wildman–Crippen MR) is 108 cm³/mol. The number of aryl methyl sites for hydroxylation is 1. The summed E-state index contributed by atoms with van der Waals surface area (Å²) in [4.78, 5) is 9.00.